The summed E-state index contributed by atoms with van der Waals surface area (Å²) in [6.45, 7) is 1.66. The van der Waals surface area contributed by atoms with Gasteiger partial charge in [0, 0.05) is 24.2 Å². The minimum absolute atomic E-state index is 0.0540. The lowest BCUT2D eigenvalue weighted by molar-refractivity contribution is -0.172. The molecule has 0 aromatic carbocycles. The maximum atomic E-state index is 13.4. The molecule has 1 atom stereocenters. The summed E-state index contributed by atoms with van der Waals surface area (Å²) >= 11 is 0. The number of carbonyl (C=O) groups excluding carboxylic acids is 1. The van der Waals surface area contributed by atoms with Crippen molar-refractivity contribution in [3.63, 3.8) is 0 Å². The molecule has 3 aromatic heterocycles. The van der Waals surface area contributed by atoms with E-state index in [0.29, 0.717) is 16.6 Å². The number of anilines is 1. The van der Waals surface area contributed by atoms with Gasteiger partial charge in [-0.05, 0) is 32.3 Å². The number of carbonyl (C=O) groups is 1. The molecule has 1 unspecified atom stereocenters. The van der Waals surface area contributed by atoms with Crippen LogP contribution in [0, 0.1) is 6.92 Å². The lowest BCUT2D eigenvalue weighted by Gasteiger charge is -2.34. The average molecular weight is 391 g/mol. The molecule has 10 heteroatoms. The summed E-state index contributed by atoms with van der Waals surface area (Å²) in [5.74, 6) is 0.0106. The monoisotopic (exact) mass is 391 g/mol. The summed E-state index contributed by atoms with van der Waals surface area (Å²) in [6, 6.07) is 1.41. The average Bonchev–Trinajstić information content (AvgIpc) is 3.28. The number of fused-ring (bicyclic) bond motifs is 2. The highest BCUT2D eigenvalue weighted by Crippen LogP contribution is 2.42. The van der Waals surface area contributed by atoms with Gasteiger partial charge in [0.1, 0.15) is 5.82 Å². The second-order valence-corrected chi connectivity index (χ2v) is 7.25. The number of halogens is 3. The van der Waals surface area contributed by atoms with Crippen molar-refractivity contribution in [1.29, 1.82) is 0 Å². The van der Waals surface area contributed by atoms with Gasteiger partial charge in [0.2, 0.25) is 0 Å². The highest BCUT2D eigenvalue weighted by atomic mass is 19.4. The number of rotatable bonds is 2. The van der Waals surface area contributed by atoms with Crippen LogP contribution >= 0.6 is 0 Å². The molecule has 0 N–H and O–H groups in total. The molecule has 0 saturated heterocycles. The van der Waals surface area contributed by atoms with Gasteiger partial charge < -0.3 is 4.52 Å². The van der Waals surface area contributed by atoms with Crippen molar-refractivity contribution in [2.75, 3.05) is 11.4 Å². The van der Waals surface area contributed by atoms with Gasteiger partial charge in [-0.25, -0.2) is 9.67 Å². The van der Waals surface area contributed by atoms with E-state index in [1.165, 1.54) is 17.2 Å². The van der Waals surface area contributed by atoms with Crippen LogP contribution in [0.15, 0.2) is 22.9 Å². The highest BCUT2D eigenvalue weighted by Gasteiger charge is 2.46. The smallest absolute Gasteiger partial charge is 0.336 e. The fourth-order valence-corrected chi connectivity index (χ4v) is 3.77. The van der Waals surface area contributed by atoms with Crippen molar-refractivity contribution in [3.8, 4) is 0 Å². The SMILES string of the molecule is Cc1noc2nc(C3CC3)cc(C(=O)N3CCC(C(F)(F)F)n4nccc43)c12. The second-order valence-electron chi connectivity index (χ2n) is 7.25. The maximum Gasteiger partial charge on any atom is 0.410 e. The Morgan fingerprint density at radius 2 is 2.07 bits per heavy atom. The number of aryl methyl sites for hydroxylation is 1. The predicted octanol–water partition coefficient (Wildman–Crippen LogP) is 3.76. The van der Waals surface area contributed by atoms with Crippen molar-refractivity contribution in [2.45, 2.75) is 44.3 Å². The summed E-state index contributed by atoms with van der Waals surface area (Å²) < 4.78 is 46.1. The van der Waals surface area contributed by atoms with E-state index in [0.717, 1.165) is 23.2 Å². The number of pyridine rings is 1. The summed E-state index contributed by atoms with van der Waals surface area (Å²) in [5.41, 5.74) is 1.91. The molecule has 1 fully saturated rings. The van der Waals surface area contributed by atoms with Crippen LogP contribution in [0.1, 0.15) is 53.0 Å². The van der Waals surface area contributed by atoms with E-state index in [-0.39, 0.29) is 30.4 Å². The number of hydrogen-bond acceptors (Lipinski definition) is 5. The summed E-state index contributed by atoms with van der Waals surface area (Å²) in [5, 5.41) is 8.22. The third kappa shape index (κ3) is 2.58. The van der Waals surface area contributed by atoms with Crippen molar-refractivity contribution < 1.29 is 22.5 Å². The summed E-state index contributed by atoms with van der Waals surface area (Å²) in [4.78, 5) is 19.2. The zero-order valence-electron chi connectivity index (χ0n) is 14.9. The molecule has 1 aliphatic heterocycles. The van der Waals surface area contributed by atoms with Crippen molar-refractivity contribution in [1.82, 2.24) is 19.9 Å². The fourth-order valence-electron chi connectivity index (χ4n) is 3.77. The van der Waals surface area contributed by atoms with Gasteiger partial charge >= 0.3 is 6.18 Å². The normalized spacial score (nSPS) is 19.9. The van der Waals surface area contributed by atoms with Crippen LogP contribution in [-0.2, 0) is 0 Å². The quantitative estimate of drug-likeness (QED) is 0.665. The van der Waals surface area contributed by atoms with Crippen molar-refractivity contribution in [2.24, 2.45) is 0 Å². The third-order valence-corrected chi connectivity index (χ3v) is 5.33. The van der Waals surface area contributed by atoms with Crippen LogP contribution in [0.25, 0.3) is 11.1 Å². The largest absolute Gasteiger partial charge is 0.410 e. The minimum atomic E-state index is -4.43. The Kier molecular flexibility index (Phi) is 3.56. The van der Waals surface area contributed by atoms with Crippen LogP contribution < -0.4 is 4.90 Å². The van der Waals surface area contributed by atoms with Gasteiger partial charge in [-0.15, -0.1) is 0 Å². The van der Waals surface area contributed by atoms with Crippen molar-refractivity contribution >= 4 is 22.8 Å². The van der Waals surface area contributed by atoms with E-state index in [1.807, 2.05) is 0 Å². The number of aromatic nitrogens is 4. The molecule has 0 radical (unpaired) electrons. The molecule has 146 valence electrons. The van der Waals surface area contributed by atoms with Gasteiger partial charge in [-0.1, -0.05) is 5.16 Å². The molecule has 2 aliphatic rings. The first-order valence-electron chi connectivity index (χ1n) is 9.03. The molecule has 4 heterocycles. The molecule has 1 aliphatic carbocycles. The Balaban J connectivity index is 1.60. The van der Waals surface area contributed by atoms with E-state index in [2.05, 4.69) is 15.2 Å². The summed E-state index contributed by atoms with van der Waals surface area (Å²) in [7, 11) is 0. The predicted molar refractivity (Wildman–Crippen MR) is 92.1 cm³/mol. The van der Waals surface area contributed by atoms with E-state index in [1.54, 1.807) is 13.0 Å². The highest BCUT2D eigenvalue weighted by molar-refractivity contribution is 6.13. The van der Waals surface area contributed by atoms with Crippen LogP contribution in [0.4, 0.5) is 19.0 Å². The third-order valence-electron chi connectivity index (χ3n) is 5.33. The Labute approximate surface area is 157 Å². The van der Waals surface area contributed by atoms with E-state index in [9.17, 15) is 18.0 Å². The molecule has 0 spiro atoms. The molecule has 3 aromatic rings. The van der Waals surface area contributed by atoms with Crippen LogP contribution in [-0.4, -0.2) is 38.5 Å². The van der Waals surface area contributed by atoms with Crippen LogP contribution in [0.3, 0.4) is 0 Å². The standard InChI is InChI=1S/C18H16F3N5O2/c1-9-15-11(8-12(10-2-3-10)23-16(15)28-24-9)17(27)25-7-5-13(18(19,20)21)26-14(25)4-6-22-26/h4,6,8,10,13H,2-3,5,7H2,1H3. The van der Waals surface area contributed by atoms with Crippen molar-refractivity contribution in [3.05, 3.63) is 35.3 Å². The number of nitrogens with zero attached hydrogens (tertiary/aromatic N) is 5. The first-order chi connectivity index (χ1) is 13.3. The molecule has 28 heavy (non-hydrogen) atoms. The van der Waals surface area contributed by atoms with Gasteiger partial charge in [0.15, 0.2) is 6.04 Å². The Morgan fingerprint density at radius 1 is 1.29 bits per heavy atom. The number of alkyl halides is 3. The maximum absolute atomic E-state index is 13.4. The molecular formula is C18H16F3N5O2. The van der Waals surface area contributed by atoms with Gasteiger partial charge in [-0.3, -0.25) is 9.69 Å². The second kappa shape index (κ2) is 5.79. The first kappa shape index (κ1) is 17.2. The molecule has 5 rings (SSSR count). The number of amides is 1. The fraction of sp³-hybridized carbons (Fsp3) is 0.444. The van der Waals surface area contributed by atoms with E-state index < -0.39 is 18.1 Å². The van der Waals surface area contributed by atoms with E-state index in [4.69, 9.17) is 4.52 Å². The lowest BCUT2D eigenvalue weighted by atomic mass is 10.1. The zero-order chi connectivity index (χ0) is 19.6. The zero-order valence-corrected chi connectivity index (χ0v) is 14.9. The van der Waals surface area contributed by atoms with Gasteiger partial charge in [0.05, 0.1) is 22.8 Å². The minimum Gasteiger partial charge on any atom is -0.336 e. The Morgan fingerprint density at radius 3 is 2.79 bits per heavy atom. The Bertz CT molecular complexity index is 1080. The first-order valence-corrected chi connectivity index (χ1v) is 9.03. The van der Waals surface area contributed by atoms with Crippen LogP contribution in [0.5, 0.6) is 0 Å². The molecule has 0 bridgehead atoms. The molecule has 7 nitrogen and oxygen atoms in total. The molecule has 1 saturated carbocycles. The van der Waals surface area contributed by atoms with Gasteiger partial charge in [0.25, 0.3) is 11.6 Å². The number of hydrogen-bond donors (Lipinski definition) is 0. The van der Waals surface area contributed by atoms with E-state index >= 15 is 0 Å². The topological polar surface area (TPSA) is 77.0 Å². The molecular weight excluding hydrogens is 375 g/mol. The molecule has 1 amide bonds. The van der Waals surface area contributed by atoms with Gasteiger partial charge in [-0.2, -0.15) is 18.3 Å². The summed E-state index contributed by atoms with van der Waals surface area (Å²) in [6.07, 6.45) is -1.42. The Hall–Kier alpha value is -2.91. The lowest BCUT2D eigenvalue weighted by Crippen LogP contribution is -2.43. The van der Waals surface area contributed by atoms with Crippen LogP contribution in [0.2, 0.25) is 0 Å².